The molecule has 67 valence electrons. The van der Waals surface area contributed by atoms with Gasteiger partial charge in [-0.1, -0.05) is 24.3 Å². The monoisotopic (exact) mass is 174 g/mol. The summed E-state index contributed by atoms with van der Waals surface area (Å²) in [6, 6.07) is 9.75. The molecule has 1 saturated carbocycles. The zero-order chi connectivity index (χ0) is 9.26. The van der Waals surface area contributed by atoms with E-state index in [-0.39, 0.29) is 11.7 Å². The molecule has 0 bridgehead atoms. The Morgan fingerprint density at radius 1 is 1.46 bits per heavy atom. The fourth-order valence-corrected chi connectivity index (χ4v) is 1.39. The molecule has 0 heterocycles. The van der Waals surface area contributed by atoms with Gasteiger partial charge in [-0.15, -0.1) is 0 Å². The molecule has 2 rings (SSSR count). The van der Waals surface area contributed by atoms with E-state index < -0.39 is 6.04 Å². The van der Waals surface area contributed by atoms with E-state index in [1.807, 2.05) is 12.1 Å². The van der Waals surface area contributed by atoms with Crippen molar-refractivity contribution < 1.29 is 4.79 Å². The van der Waals surface area contributed by atoms with Gasteiger partial charge in [-0.05, 0) is 24.5 Å². The number of rotatable bonds is 3. The standard InChI is InChI=1S/C11H12NO/c12-10(11(13)9-6-7-9)8-4-2-1-3-5-8/h2-5,9-10H,6-7,12H2. The van der Waals surface area contributed by atoms with Gasteiger partial charge >= 0.3 is 0 Å². The number of hydrogen-bond acceptors (Lipinski definition) is 2. The molecule has 13 heavy (non-hydrogen) atoms. The summed E-state index contributed by atoms with van der Waals surface area (Å²) < 4.78 is 0. The first-order valence-corrected chi connectivity index (χ1v) is 4.54. The Labute approximate surface area is 77.8 Å². The quantitative estimate of drug-likeness (QED) is 0.754. The predicted molar refractivity (Wildman–Crippen MR) is 49.9 cm³/mol. The second-order valence-electron chi connectivity index (χ2n) is 3.49. The normalized spacial score (nSPS) is 18.2. The number of carbonyl (C=O) groups is 1. The molecule has 1 aromatic rings. The highest BCUT2D eigenvalue weighted by Crippen LogP contribution is 2.33. The highest BCUT2D eigenvalue weighted by molar-refractivity contribution is 5.88. The fraction of sp³-hybridized carbons (Fsp3) is 0.364. The van der Waals surface area contributed by atoms with Crippen LogP contribution >= 0.6 is 0 Å². The molecular weight excluding hydrogens is 162 g/mol. The first-order chi connectivity index (χ1) is 6.29. The van der Waals surface area contributed by atoms with Crippen molar-refractivity contribution in [2.75, 3.05) is 0 Å². The van der Waals surface area contributed by atoms with E-state index in [0.717, 1.165) is 18.4 Å². The molecule has 0 saturated heterocycles. The maximum atomic E-state index is 11.6. The van der Waals surface area contributed by atoms with Gasteiger partial charge in [0.05, 0.1) is 6.04 Å². The van der Waals surface area contributed by atoms with Crippen molar-refractivity contribution in [3.05, 3.63) is 35.9 Å². The Hall–Kier alpha value is -1.15. The lowest BCUT2D eigenvalue weighted by atomic mass is 10.0. The number of Topliss-reactive ketones (excluding diaryl/α,β-unsaturated/α-hetero) is 1. The molecule has 1 aromatic carbocycles. The van der Waals surface area contributed by atoms with Crippen LogP contribution in [0.25, 0.3) is 0 Å². The van der Waals surface area contributed by atoms with Gasteiger partial charge < -0.3 is 5.73 Å². The maximum absolute atomic E-state index is 11.6. The molecule has 2 nitrogen and oxygen atoms in total. The summed E-state index contributed by atoms with van der Waals surface area (Å²) in [4.78, 5) is 11.6. The van der Waals surface area contributed by atoms with Gasteiger partial charge in [-0.3, -0.25) is 4.79 Å². The molecule has 2 heteroatoms. The number of ketones is 1. The summed E-state index contributed by atoms with van der Waals surface area (Å²) >= 11 is 0. The van der Waals surface area contributed by atoms with Gasteiger partial charge in [0.1, 0.15) is 0 Å². The Balaban J connectivity index is 2.12. The first kappa shape index (κ1) is 8.45. The molecule has 0 aromatic heterocycles. The predicted octanol–water partition coefficient (Wildman–Crippen LogP) is 1.47. The van der Waals surface area contributed by atoms with Crippen LogP contribution in [-0.2, 0) is 4.79 Å². The Kier molecular flexibility index (Phi) is 2.15. The molecule has 1 radical (unpaired) electrons. The zero-order valence-electron chi connectivity index (χ0n) is 7.36. The number of carbonyl (C=O) groups excluding carboxylic acids is 1. The second kappa shape index (κ2) is 3.30. The van der Waals surface area contributed by atoms with Crippen LogP contribution in [0.1, 0.15) is 24.4 Å². The van der Waals surface area contributed by atoms with Crippen LogP contribution in [0.4, 0.5) is 0 Å². The summed E-state index contributed by atoms with van der Waals surface area (Å²) in [6.07, 6.45) is 2.04. The van der Waals surface area contributed by atoms with E-state index in [4.69, 9.17) is 5.73 Å². The first-order valence-electron chi connectivity index (χ1n) is 4.54. The van der Waals surface area contributed by atoms with Crippen LogP contribution in [0.2, 0.25) is 0 Å². The molecule has 0 aliphatic heterocycles. The highest BCUT2D eigenvalue weighted by Gasteiger charge is 2.33. The van der Waals surface area contributed by atoms with Crippen molar-refractivity contribution in [1.82, 2.24) is 0 Å². The summed E-state index contributed by atoms with van der Waals surface area (Å²) in [7, 11) is 0. The average Bonchev–Trinajstić information content (AvgIpc) is 3.00. The van der Waals surface area contributed by atoms with Gasteiger partial charge in [0.25, 0.3) is 0 Å². The Morgan fingerprint density at radius 2 is 2.08 bits per heavy atom. The Morgan fingerprint density at radius 3 is 2.62 bits per heavy atom. The minimum Gasteiger partial charge on any atom is -0.318 e. The SMILES string of the molecule is NC(C(=O)C1CC1)c1cc[c]cc1. The molecule has 2 N–H and O–H groups in total. The minimum atomic E-state index is -0.429. The van der Waals surface area contributed by atoms with Crippen molar-refractivity contribution in [3.8, 4) is 0 Å². The molecular formula is C11H12NO. The van der Waals surface area contributed by atoms with Crippen molar-refractivity contribution in [2.24, 2.45) is 11.7 Å². The van der Waals surface area contributed by atoms with Crippen molar-refractivity contribution in [2.45, 2.75) is 18.9 Å². The molecule has 0 spiro atoms. The third-order valence-corrected chi connectivity index (χ3v) is 2.39. The molecule has 1 aliphatic rings. The van der Waals surface area contributed by atoms with Crippen LogP contribution in [0, 0.1) is 12.0 Å². The topological polar surface area (TPSA) is 43.1 Å². The largest absolute Gasteiger partial charge is 0.318 e. The van der Waals surface area contributed by atoms with E-state index in [1.54, 1.807) is 12.1 Å². The van der Waals surface area contributed by atoms with Crippen LogP contribution in [0.15, 0.2) is 24.3 Å². The van der Waals surface area contributed by atoms with Gasteiger partial charge in [-0.2, -0.15) is 0 Å². The average molecular weight is 174 g/mol. The second-order valence-corrected chi connectivity index (χ2v) is 3.49. The van der Waals surface area contributed by atoms with Gasteiger partial charge in [0.2, 0.25) is 0 Å². The smallest absolute Gasteiger partial charge is 0.157 e. The van der Waals surface area contributed by atoms with Crippen LogP contribution < -0.4 is 5.73 Å². The number of hydrogen-bond donors (Lipinski definition) is 1. The summed E-state index contributed by atoms with van der Waals surface area (Å²) in [5.74, 6) is 0.422. The minimum absolute atomic E-state index is 0.186. The molecule has 0 amide bonds. The zero-order valence-corrected chi connectivity index (χ0v) is 7.36. The van der Waals surface area contributed by atoms with Gasteiger partial charge in [-0.25, -0.2) is 0 Å². The van der Waals surface area contributed by atoms with Crippen LogP contribution in [-0.4, -0.2) is 5.78 Å². The van der Waals surface area contributed by atoms with Crippen molar-refractivity contribution >= 4 is 5.78 Å². The molecule has 1 fully saturated rings. The number of nitrogens with two attached hydrogens (primary N) is 1. The molecule has 1 aliphatic carbocycles. The van der Waals surface area contributed by atoms with Crippen LogP contribution in [0.3, 0.4) is 0 Å². The molecule has 1 unspecified atom stereocenters. The fourth-order valence-electron chi connectivity index (χ4n) is 1.39. The van der Waals surface area contributed by atoms with Crippen molar-refractivity contribution in [3.63, 3.8) is 0 Å². The van der Waals surface area contributed by atoms with Gasteiger partial charge in [0, 0.05) is 5.92 Å². The van der Waals surface area contributed by atoms with E-state index in [0.29, 0.717) is 0 Å². The summed E-state index contributed by atoms with van der Waals surface area (Å²) in [6.45, 7) is 0. The van der Waals surface area contributed by atoms with Crippen LogP contribution in [0.5, 0.6) is 0 Å². The maximum Gasteiger partial charge on any atom is 0.157 e. The van der Waals surface area contributed by atoms with E-state index in [9.17, 15) is 4.79 Å². The number of benzene rings is 1. The third-order valence-electron chi connectivity index (χ3n) is 2.39. The lowest BCUT2D eigenvalue weighted by Gasteiger charge is -2.09. The third kappa shape index (κ3) is 1.78. The van der Waals surface area contributed by atoms with E-state index >= 15 is 0 Å². The summed E-state index contributed by atoms with van der Waals surface area (Å²) in [5, 5.41) is 0. The summed E-state index contributed by atoms with van der Waals surface area (Å²) in [5.41, 5.74) is 6.71. The van der Waals surface area contributed by atoms with E-state index in [2.05, 4.69) is 6.07 Å². The van der Waals surface area contributed by atoms with Crippen molar-refractivity contribution in [1.29, 1.82) is 0 Å². The Bertz CT molecular complexity index is 303. The lowest BCUT2D eigenvalue weighted by molar-refractivity contribution is -0.121. The molecule has 1 atom stereocenters. The lowest BCUT2D eigenvalue weighted by Crippen LogP contribution is -2.22. The van der Waals surface area contributed by atoms with E-state index in [1.165, 1.54) is 0 Å². The van der Waals surface area contributed by atoms with Gasteiger partial charge in [0.15, 0.2) is 5.78 Å². The highest BCUT2D eigenvalue weighted by atomic mass is 16.1.